The van der Waals surface area contributed by atoms with Crippen molar-refractivity contribution in [2.24, 2.45) is 12.8 Å². The molecule has 0 saturated carbocycles. The SMILES string of the molecule is CCc1nn(C)cc1C(N)Cc1ncc(C)c(OC)c1C. The Hall–Kier alpha value is -1.88. The molecule has 2 aromatic heterocycles. The molecule has 5 heteroatoms. The second-order valence-corrected chi connectivity index (χ2v) is 5.42. The van der Waals surface area contributed by atoms with E-state index in [4.69, 9.17) is 10.5 Å². The summed E-state index contributed by atoms with van der Waals surface area (Å²) in [5.41, 5.74) is 11.6. The highest BCUT2D eigenvalue weighted by Gasteiger charge is 2.18. The monoisotopic (exact) mass is 288 g/mol. The van der Waals surface area contributed by atoms with E-state index in [1.165, 1.54) is 0 Å². The minimum absolute atomic E-state index is 0.104. The van der Waals surface area contributed by atoms with E-state index in [1.807, 2.05) is 38.0 Å². The lowest BCUT2D eigenvalue weighted by Gasteiger charge is -2.15. The Balaban J connectivity index is 2.29. The van der Waals surface area contributed by atoms with Gasteiger partial charge in [0.25, 0.3) is 0 Å². The molecule has 0 aromatic carbocycles. The summed E-state index contributed by atoms with van der Waals surface area (Å²) in [5, 5.41) is 4.45. The summed E-state index contributed by atoms with van der Waals surface area (Å²) < 4.78 is 7.28. The van der Waals surface area contributed by atoms with Crippen LogP contribution in [-0.2, 0) is 19.9 Å². The number of ether oxygens (including phenoxy) is 1. The largest absolute Gasteiger partial charge is 0.496 e. The van der Waals surface area contributed by atoms with Crippen LogP contribution < -0.4 is 10.5 Å². The first kappa shape index (κ1) is 15.5. The topological polar surface area (TPSA) is 66.0 Å². The first-order valence-electron chi connectivity index (χ1n) is 7.25. The van der Waals surface area contributed by atoms with E-state index < -0.39 is 0 Å². The maximum atomic E-state index is 6.38. The smallest absolute Gasteiger partial charge is 0.128 e. The number of aryl methyl sites for hydroxylation is 3. The molecule has 2 rings (SSSR count). The van der Waals surface area contributed by atoms with Crippen molar-refractivity contribution in [2.45, 2.75) is 39.7 Å². The van der Waals surface area contributed by atoms with Gasteiger partial charge in [-0.25, -0.2) is 0 Å². The number of nitrogens with two attached hydrogens (primary N) is 1. The van der Waals surface area contributed by atoms with Crippen LogP contribution in [0.5, 0.6) is 5.75 Å². The number of hydrogen-bond donors (Lipinski definition) is 1. The van der Waals surface area contributed by atoms with Crippen LogP contribution in [0.4, 0.5) is 0 Å². The standard InChI is InChI=1S/C16H24N4O/c1-6-14-12(9-20(4)19-14)13(17)7-15-11(3)16(21-5)10(2)8-18-15/h8-9,13H,6-7,17H2,1-5H3. The van der Waals surface area contributed by atoms with Gasteiger partial charge in [0.15, 0.2) is 0 Å². The van der Waals surface area contributed by atoms with Crippen molar-refractivity contribution in [3.8, 4) is 5.75 Å². The van der Waals surface area contributed by atoms with Crippen molar-refractivity contribution in [1.82, 2.24) is 14.8 Å². The molecule has 21 heavy (non-hydrogen) atoms. The molecule has 2 N–H and O–H groups in total. The van der Waals surface area contributed by atoms with Gasteiger partial charge < -0.3 is 10.5 Å². The number of hydrogen-bond acceptors (Lipinski definition) is 4. The van der Waals surface area contributed by atoms with Crippen LogP contribution in [0.15, 0.2) is 12.4 Å². The average Bonchev–Trinajstić information content (AvgIpc) is 2.84. The average molecular weight is 288 g/mol. The maximum Gasteiger partial charge on any atom is 0.128 e. The highest BCUT2D eigenvalue weighted by Crippen LogP contribution is 2.27. The highest BCUT2D eigenvalue weighted by molar-refractivity contribution is 5.41. The van der Waals surface area contributed by atoms with Gasteiger partial charge in [0.1, 0.15) is 5.75 Å². The van der Waals surface area contributed by atoms with Crippen molar-refractivity contribution in [3.05, 3.63) is 40.5 Å². The summed E-state index contributed by atoms with van der Waals surface area (Å²) in [6.45, 7) is 6.13. The molecule has 0 aliphatic rings. The Morgan fingerprint density at radius 3 is 2.67 bits per heavy atom. The third-order valence-corrected chi connectivity index (χ3v) is 3.83. The van der Waals surface area contributed by atoms with Gasteiger partial charge in [-0.1, -0.05) is 6.92 Å². The Morgan fingerprint density at radius 2 is 2.05 bits per heavy atom. The predicted octanol–water partition coefficient (Wildman–Crippen LogP) is 2.25. The second kappa shape index (κ2) is 6.26. The van der Waals surface area contributed by atoms with Gasteiger partial charge in [0, 0.05) is 54.3 Å². The van der Waals surface area contributed by atoms with E-state index in [9.17, 15) is 0 Å². The molecule has 0 aliphatic heterocycles. The molecule has 114 valence electrons. The summed E-state index contributed by atoms with van der Waals surface area (Å²) in [7, 11) is 3.61. The third-order valence-electron chi connectivity index (χ3n) is 3.83. The minimum atomic E-state index is -0.104. The van der Waals surface area contributed by atoms with Gasteiger partial charge in [-0.15, -0.1) is 0 Å². The highest BCUT2D eigenvalue weighted by atomic mass is 16.5. The van der Waals surface area contributed by atoms with E-state index in [2.05, 4.69) is 17.0 Å². The molecule has 1 unspecified atom stereocenters. The molecule has 0 fully saturated rings. The predicted molar refractivity (Wildman–Crippen MR) is 83.5 cm³/mol. The summed E-state index contributed by atoms with van der Waals surface area (Å²) in [6.07, 6.45) is 5.41. The van der Waals surface area contributed by atoms with Gasteiger partial charge in [-0.2, -0.15) is 5.10 Å². The van der Waals surface area contributed by atoms with E-state index in [1.54, 1.807) is 7.11 Å². The number of nitrogens with zero attached hydrogens (tertiary/aromatic N) is 3. The Labute approximate surface area is 126 Å². The molecular formula is C16H24N4O. The van der Waals surface area contributed by atoms with Crippen molar-refractivity contribution < 1.29 is 4.74 Å². The van der Waals surface area contributed by atoms with Gasteiger partial charge in [-0.3, -0.25) is 9.67 Å². The fraction of sp³-hybridized carbons (Fsp3) is 0.500. The normalized spacial score (nSPS) is 12.5. The van der Waals surface area contributed by atoms with E-state index in [0.29, 0.717) is 6.42 Å². The van der Waals surface area contributed by atoms with Crippen molar-refractivity contribution >= 4 is 0 Å². The Bertz CT molecular complexity index is 633. The van der Waals surface area contributed by atoms with Gasteiger partial charge >= 0.3 is 0 Å². The fourth-order valence-corrected chi connectivity index (χ4v) is 2.73. The molecule has 5 nitrogen and oxygen atoms in total. The first-order valence-corrected chi connectivity index (χ1v) is 7.25. The van der Waals surface area contributed by atoms with Crippen LogP contribution in [0.1, 0.15) is 41.0 Å². The molecule has 0 radical (unpaired) electrons. The van der Waals surface area contributed by atoms with Gasteiger partial charge in [0.2, 0.25) is 0 Å². The zero-order chi connectivity index (χ0) is 15.6. The number of aromatic nitrogens is 3. The summed E-state index contributed by atoms with van der Waals surface area (Å²) >= 11 is 0. The van der Waals surface area contributed by atoms with Crippen molar-refractivity contribution in [2.75, 3.05) is 7.11 Å². The van der Waals surface area contributed by atoms with Crippen LogP contribution >= 0.6 is 0 Å². The zero-order valence-corrected chi connectivity index (χ0v) is 13.5. The molecule has 2 heterocycles. The fourth-order valence-electron chi connectivity index (χ4n) is 2.73. The van der Waals surface area contributed by atoms with Crippen LogP contribution in [-0.4, -0.2) is 21.9 Å². The third kappa shape index (κ3) is 3.08. The van der Waals surface area contributed by atoms with Crippen LogP contribution in [0.3, 0.4) is 0 Å². The van der Waals surface area contributed by atoms with E-state index >= 15 is 0 Å². The number of rotatable bonds is 5. The Kier molecular flexibility index (Phi) is 4.63. The molecular weight excluding hydrogens is 264 g/mol. The molecule has 1 atom stereocenters. The second-order valence-electron chi connectivity index (χ2n) is 5.42. The molecule has 0 aliphatic carbocycles. The zero-order valence-electron chi connectivity index (χ0n) is 13.5. The first-order chi connectivity index (χ1) is 9.97. The lowest BCUT2D eigenvalue weighted by molar-refractivity contribution is 0.406. The Morgan fingerprint density at radius 1 is 1.33 bits per heavy atom. The van der Waals surface area contributed by atoms with Crippen LogP contribution in [0.25, 0.3) is 0 Å². The maximum absolute atomic E-state index is 6.38. The minimum Gasteiger partial charge on any atom is -0.496 e. The molecule has 0 saturated heterocycles. The van der Waals surface area contributed by atoms with E-state index in [-0.39, 0.29) is 6.04 Å². The van der Waals surface area contributed by atoms with Crippen molar-refractivity contribution in [1.29, 1.82) is 0 Å². The lowest BCUT2D eigenvalue weighted by atomic mass is 9.99. The van der Waals surface area contributed by atoms with Gasteiger partial charge in [0.05, 0.1) is 12.8 Å². The van der Waals surface area contributed by atoms with Gasteiger partial charge in [-0.05, 0) is 20.3 Å². The van der Waals surface area contributed by atoms with Crippen molar-refractivity contribution in [3.63, 3.8) is 0 Å². The lowest BCUT2D eigenvalue weighted by Crippen LogP contribution is -2.16. The molecule has 2 aromatic rings. The van der Waals surface area contributed by atoms with Crippen LogP contribution in [0, 0.1) is 13.8 Å². The molecule has 0 spiro atoms. The summed E-state index contributed by atoms with van der Waals surface area (Å²) in [4.78, 5) is 4.53. The summed E-state index contributed by atoms with van der Waals surface area (Å²) in [6, 6.07) is -0.104. The molecule has 0 bridgehead atoms. The van der Waals surface area contributed by atoms with E-state index in [0.717, 1.165) is 40.2 Å². The quantitative estimate of drug-likeness (QED) is 0.916. The number of pyridine rings is 1. The summed E-state index contributed by atoms with van der Waals surface area (Å²) in [5.74, 6) is 0.897. The molecule has 0 amide bonds. The van der Waals surface area contributed by atoms with Crippen LogP contribution in [0.2, 0.25) is 0 Å². The number of methoxy groups -OCH3 is 1.